The van der Waals surface area contributed by atoms with Gasteiger partial charge in [-0.25, -0.2) is 4.98 Å². The van der Waals surface area contributed by atoms with Crippen LogP contribution in [0.25, 0.3) is 0 Å². The van der Waals surface area contributed by atoms with E-state index in [1.807, 2.05) is 66.7 Å². The largest absolute Gasteiger partial charge is 0.490 e. The summed E-state index contributed by atoms with van der Waals surface area (Å²) in [4.78, 5) is 19.6. The maximum absolute atomic E-state index is 13.0. The highest BCUT2D eigenvalue weighted by Gasteiger charge is 2.19. The highest BCUT2D eigenvalue weighted by molar-refractivity contribution is 5.78. The van der Waals surface area contributed by atoms with Crippen molar-refractivity contribution in [2.45, 2.75) is 44.7 Å². The van der Waals surface area contributed by atoms with Crippen LogP contribution in [0.2, 0.25) is 0 Å². The molecule has 0 fully saturated rings. The molecule has 1 aromatic heterocycles. The van der Waals surface area contributed by atoms with Crippen molar-refractivity contribution in [1.82, 2.24) is 15.2 Å². The van der Waals surface area contributed by atoms with Crippen LogP contribution in [0.1, 0.15) is 36.8 Å². The minimum atomic E-state index is -0.326. The van der Waals surface area contributed by atoms with E-state index in [1.165, 1.54) is 0 Å². The second-order valence-corrected chi connectivity index (χ2v) is 9.13. The Morgan fingerprint density at radius 2 is 1.75 bits per heavy atom. The SMILES string of the molecule is O=C(CN1CCCCCCOc2ccccc2Oc2ncccc2C1)N[C@H](CO)Cc1ccccc1. The fourth-order valence-electron chi connectivity index (χ4n) is 4.36. The van der Waals surface area contributed by atoms with Gasteiger partial charge in [-0.05, 0) is 49.6 Å². The van der Waals surface area contributed by atoms with Crippen molar-refractivity contribution in [3.63, 3.8) is 0 Å². The molecule has 1 amide bonds. The van der Waals surface area contributed by atoms with E-state index in [4.69, 9.17) is 9.47 Å². The average Bonchev–Trinajstić information content (AvgIpc) is 2.90. The van der Waals surface area contributed by atoms with Crippen molar-refractivity contribution in [2.24, 2.45) is 0 Å². The van der Waals surface area contributed by atoms with Gasteiger partial charge in [0, 0.05) is 18.3 Å². The molecule has 4 rings (SSSR count). The number of hydrogen-bond donors (Lipinski definition) is 2. The van der Waals surface area contributed by atoms with Crippen LogP contribution in [0.4, 0.5) is 0 Å². The number of aliphatic hydroxyl groups is 1. The molecule has 7 nitrogen and oxygen atoms in total. The van der Waals surface area contributed by atoms with Gasteiger partial charge in [-0.3, -0.25) is 9.69 Å². The Hall–Kier alpha value is -3.42. The first-order valence-electron chi connectivity index (χ1n) is 12.7. The number of aliphatic hydroxyl groups excluding tert-OH is 1. The summed E-state index contributed by atoms with van der Waals surface area (Å²) < 4.78 is 12.2. The van der Waals surface area contributed by atoms with E-state index in [0.717, 1.165) is 43.4 Å². The minimum Gasteiger partial charge on any atom is -0.490 e. The Bertz CT molecular complexity index is 1090. The van der Waals surface area contributed by atoms with Crippen molar-refractivity contribution >= 4 is 5.91 Å². The van der Waals surface area contributed by atoms with Gasteiger partial charge in [-0.15, -0.1) is 0 Å². The number of pyridine rings is 1. The van der Waals surface area contributed by atoms with E-state index < -0.39 is 0 Å². The Morgan fingerprint density at radius 3 is 2.58 bits per heavy atom. The molecule has 1 atom stereocenters. The molecule has 36 heavy (non-hydrogen) atoms. The van der Waals surface area contributed by atoms with Crippen LogP contribution in [0.3, 0.4) is 0 Å². The second kappa shape index (κ2) is 13.6. The van der Waals surface area contributed by atoms with Gasteiger partial charge in [0.05, 0.1) is 25.8 Å². The van der Waals surface area contributed by atoms with Crippen LogP contribution in [0, 0.1) is 0 Å². The number of amides is 1. The Kier molecular flexibility index (Phi) is 9.70. The fourth-order valence-corrected chi connectivity index (χ4v) is 4.36. The second-order valence-electron chi connectivity index (χ2n) is 9.13. The van der Waals surface area contributed by atoms with E-state index in [9.17, 15) is 9.90 Å². The van der Waals surface area contributed by atoms with Crippen LogP contribution >= 0.6 is 0 Å². The first kappa shape index (κ1) is 25.7. The number of para-hydroxylation sites is 2. The third-order valence-electron chi connectivity index (χ3n) is 6.20. The molecule has 1 aliphatic rings. The number of fused-ring (bicyclic) bond motifs is 2. The number of carbonyl (C=O) groups is 1. The Labute approximate surface area is 213 Å². The van der Waals surface area contributed by atoms with Gasteiger partial charge in [-0.2, -0.15) is 0 Å². The number of carbonyl (C=O) groups excluding carboxylic acids is 1. The third-order valence-corrected chi connectivity index (χ3v) is 6.20. The summed E-state index contributed by atoms with van der Waals surface area (Å²) in [6.45, 7) is 2.07. The van der Waals surface area contributed by atoms with Gasteiger partial charge in [-0.1, -0.05) is 61.4 Å². The van der Waals surface area contributed by atoms with Gasteiger partial charge in [0.1, 0.15) is 0 Å². The number of ether oxygens (including phenoxy) is 2. The summed E-state index contributed by atoms with van der Waals surface area (Å²) in [5.41, 5.74) is 1.98. The quantitative estimate of drug-likeness (QED) is 0.536. The van der Waals surface area contributed by atoms with Gasteiger partial charge < -0.3 is 19.9 Å². The molecular formula is C29H35N3O4. The lowest BCUT2D eigenvalue weighted by Gasteiger charge is -2.25. The third kappa shape index (κ3) is 7.80. The lowest BCUT2D eigenvalue weighted by atomic mass is 10.1. The summed E-state index contributed by atoms with van der Waals surface area (Å²) in [6.07, 6.45) is 6.36. The highest BCUT2D eigenvalue weighted by Crippen LogP contribution is 2.32. The summed E-state index contributed by atoms with van der Waals surface area (Å²) in [7, 11) is 0. The van der Waals surface area contributed by atoms with Crippen LogP contribution in [0.5, 0.6) is 17.4 Å². The van der Waals surface area contributed by atoms with Crippen LogP contribution in [-0.2, 0) is 17.8 Å². The van der Waals surface area contributed by atoms with Crippen molar-refractivity contribution in [1.29, 1.82) is 0 Å². The van der Waals surface area contributed by atoms with Crippen molar-refractivity contribution in [2.75, 3.05) is 26.3 Å². The molecule has 0 spiro atoms. The van der Waals surface area contributed by atoms with Gasteiger partial charge >= 0.3 is 0 Å². The normalized spacial score (nSPS) is 15.8. The first-order valence-corrected chi connectivity index (χ1v) is 12.7. The lowest BCUT2D eigenvalue weighted by molar-refractivity contribution is -0.123. The van der Waals surface area contributed by atoms with Crippen LogP contribution in [0.15, 0.2) is 72.9 Å². The highest BCUT2D eigenvalue weighted by atomic mass is 16.5. The Morgan fingerprint density at radius 1 is 0.972 bits per heavy atom. The van der Waals surface area contributed by atoms with Crippen molar-refractivity contribution < 1.29 is 19.4 Å². The van der Waals surface area contributed by atoms with E-state index in [1.54, 1.807) is 6.20 Å². The summed E-state index contributed by atoms with van der Waals surface area (Å²) >= 11 is 0. The zero-order chi connectivity index (χ0) is 25.0. The summed E-state index contributed by atoms with van der Waals surface area (Å²) in [5, 5.41) is 12.9. The zero-order valence-corrected chi connectivity index (χ0v) is 20.6. The molecular weight excluding hydrogens is 454 g/mol. The summed E-state index contributed by atoms with van der Waals surface area (Å²) in [5.74, 6) is 1.74. The molecule has 1 aliphatic heterocycles. The number of nitrogens with one attached hydrogen (secondary N) is 1. The van der Waals surface area contributed by atoms with Crippen LogP contribution < -0.4 is 14.8 Å². The molecule has 0 aliphatic carbocycles. The van der Waals surface area contributed by atoms with Crippen molar-refractivity contribution in [3.05, 3.63) is 84.1 Å². The first-order chi connectivity index (χ1) is 17.7. The van der Waals surface area contributed by atoms with Gasteiger partial charge in [0.2, 0.25) is 11.8 Å². The maximum Gasteiger partial charge on any atom is 0.234 e. The van der Waals surface area contributed by atoms with E-state index in [-0.39, 0.29) is 25.1 Å². The average molecular weight is 490 g/mol. The molecule has 0 saturated carbocycles. The number of benzene rings is 2. The predicted octanol–water partition coefficient (Wildman–Crippen LogP) is 4.35. The molecule has 2 aromatic carbocycles. The van der Waals surface area contributed by atoms with Gasteiger partial charge in [0.25, 0.3) is 0 Å². The zero-order valence-electron chi connectivity index (χ0n) is 20.6. The number of hydrogen-bond acceptors (Lipinski definition) is 6. The Balaban J connectivity index is 1.47. The molecule has 2 heterocycles. The molecule has 3 aromatic rings. The van der Waals surface area contributed by atoms with Crippen molar-refractivity contribution in [3.8, 4) is 17.4 Å². The predicted molar refractivity (Wildman–Crippen MR) is 139 cm³/mol. The molecule has 0 saturated heterocycles. The van der Waals surface area contributed by atoms with E-state index >= 15 is 0 Å². The molecule has 7 heteroatoms. The number of rotatable bonds is 6. The maximum atomic E-state index is 13.0. The molecule has 0 unspecified atom stereocenters. The molecule has 0 radical (unpaired) electrons. The smallest absolute Gasteiger partial charge is 0.234 e. The molecule has 0 bridgehead atoms. The minimum absolute atomic E-state index is 0.101. The fraction of sp³-hybridized carbons (Fsp3) is 0.379. The lowest BCUT2D eigenvalue weighted by Crippen LogP contribution is -2.44. The van der Waals surface area contributed by atoms with E-state index in [2.05, 4.69) is 15.2 Å². The monoisotopic (exact) mass is 489 g/mol. The summed E-state index contributed by atoms with van der Waals surface area (Å²) in [6, 6.07) is 21.1. The molecule has 2 N–H and O–H groups in total. The van der Waals surface area contributed by atoms with Gasteiger partial charge in [0.15, 0.2) is 11.5 Å². The van der Waals surface area contributed by atoms with Crippen LogP contribution in [-0.4, -0.2) is 53.2 Å². The number of nitrogens with zero attached hydrogens (tertiary/aromatic N) is 2. The standard InChI is InChI=1S/C29H35N3O4/c33-22-25(19-23-11-4-3-5-12-23)31-28(34)21-32-17-8-1-2-9-18-35-26-14-6-7-15-27(26)36-29-24(20-32)13-10-16-30-29/h3-7,10-16,25,33H,1-2,8-9,17-22H2,(H,31,34)/t25-/m0/s1. The molecule has 190 valence electrons. The topological polar surface area (TPSA) is 83.9 Å². The number of aromatic nitrogens is 1. The van der Waals surface area contributed by atoms with E-state index in [0.29, 0.717) is 37.0 Å².